The Kier molecular flexibility index (Phi) is 4.81. The Morgan fingerprint density at radius 1 is 1.19 bits per heavy atom. The van der Waals surface area contributed by atoms with E-state index in [9.17, 15) is 4.79 Å². The molecule has 3 rings (SSSR count). The molecule has 116 valence electrons. The number of hydrogen-bond donors (Lipinski definition) is 1. The van der Waals surface area contributed by atoms with Crippen LogP contribution in [0.4, 0.5) is 5.13 Å². The fraction of sp³-hybridized carbons (Fsp3) is 0.714. The number of likely N-dealkylation sites (tertiary alicyclic amines) is 1. The summed E-state index contributed by atoms with van der Waals surface area (Å²) in [5, 5.41) is 9.93. The topological polar surface area (TPSA) is 56.7 Å². The van der Waals surface area contributed by atoms with Gasteiger partial charge in [0, 0.05) is 19.1 Å². The van der Waals surface area contributed by atoms with Gasteiger partial charge in [-0.25, -0.2) is 9.78 Å². The molecule has 0 unspecified atom stereocenters. The van der Waals surface area contributed by atoms with Gasteiger partial charge in [0.2, 0.25) is 0 Å². The molecule has 0 atom stereocenters. The third kappa shape index (κ3) is 3.40. The van der Waals surface area contributed by atoms with Crippen molar-refractivity contribution in [2.24, 2.45) is 0 Å². The fourth-order valence-electron chi connectivity index (χ4n) is 3.26. The van der Waals surface area contributed by atoms with E-state index < -0.39 is 5.97 Å². The van der Waals surface area contributed by atoms with Gasteiger partial charge in [-0.15, -0.1) is 0 Å². The number of hydrogen-bond acceptors (Lipinski definition) is 5. The first-order valence-corrected chi connectivity index (χ1v) is 9.14. The molecule has 2 aliphatic rings. The minimum absolute atomic E-state index is 0.295. The summed E-state index contributed by atoms with van der Waals surface area (Å²) in [7, 11) is 0. The predicted molar refractivity (Wildman–Crippen MR) is 87.4 cm³/mol. The number of carboxylic acids is 1. The molecule has 1 aromatic rings. The van der Waals surface area contributed by atoms with E-state index in [1.807, 2.05) is 0 Å². The predicted octanol–water partition coefficient (Wildman–Crippen LogP) is 3.06. The van der Waals surface area contributed by atoms with Crippen LogP contribution < -0.4 is 4.90 Å². The fourth-order valence-corrected chi connectivity index (χ4v) is 4.81. The molecule has 1 aromatic heterocycles. The number of halogens is 1. The zero-order valence-electron chi connectivity index (χ0n) is 11.9. The summed E-state index contributed by atoms with van der Waals surface area (Å²) in [5.74, 6) is -0.908. The first-order chi connectivity index (χ1) is 10.1. The van der Waals surface area contributed by atoms with Crippen LogP contribution in [0.15, 0.2) is 4.60 Å². The number of thiazole rings is 1. The number of anilines is 1. The van der Waals surface area contributed by atoms with Crippen LogP contribution in [0.1, 0.15) is 41.8 Å². The van der Waals surface area contributed by atoms with E-state index in [0.29, 0.717) is 15.5 Å². The van der Waals surface area contributed by atoms with Crippen molar-refractivity contribution in [1.82, 2.24) is 9.88 Å². The molecular weight excluding hydrogens is 354 g/mol. The molecule has 7 heteroatoms. The molecule has 0 amide bonds. The van der Waals surface area contributed by atoms with Gasteiger partial charge in [0.15, 0.2) is 5.13 Å². The summed E-state index contributed by atoms with van der Waals surface area (Å²) in [6, 6.07) is 0.698. The van der Waals surface area contributed by atoms with Crippen LogP contribution in [0.5, 0.6) is 0 Å². The Balaban J connectivity index is 1.60. The van der Waals surface area contributed by atoms with Crippen molar-refractivity contribution < 1.29 is 9.90 Å². The summed E-state index contributed by atoms with van der Waals surface area (Å²) >= 11 is 4.51. The van der Waals surface area contributed by atoms with Crippen molar-refractivity contribution in [3.63, 3.8) is 0 Å². The normalized spacial score (nSPS) is 21.7. The molecule has 2 fully saturated rings. The number of carboxylic acid groups (broad SMARTS) is 1. The third-order valence-corrected chi connectivity index (χ3v) is 6.35. The van der Waals surface area contributed by atoms with Crippen LogP contribution >= 0.6 is 27.3 Å². The van der Waals surface area contributed by atoms with Gasteiger partial charge >= 0.3 is 5.97 Å². The standard InChI is InChI=1S/C14H20BrN3O2S/c15-12-11(13(19)20)21-14(16-12)18-8-4-10(5-9-18)17-6-2-1-3-7-17/h10H,1-9H2,(H,19,20). The second-order valence-corrected chi connectivity index (χ2v) is 7.47. The molecule has 2 saturated heterocycles. The number of aromatic carboxylic acids is 1. The number of carbonyl (C=O) groups is 1. The summed E-state index contributed by atoms with van der Waals surface area (Å²) in [5.41, 5.74) is 0. The van der Waals surface area contributed by atoms with E-state index in [4.69, 9.17) is 5.11 Å². The van der Waals surface area contributed by atoms with Gasteiger partial charge in [-0.2, -0.15) is 0 Å². The van der Waals surface area contributed by atoms with Gasteiger partial charge in [0.1, 0.15) is 9.48 Å². The largest absolute Gasteiger partial charge is 0.477 e. The zero-order valence-corrected chi connectivity index (χ0v) is 14.3. The molecule has 0 spiro atoms. The van der Waals surface area contributed by atoms with Crippen molar-refractivity contribution >= 4 is 38.4 Å². The zero-order chi connectivity index (χ0) is 14.8. The lowest BCUT2D eigenvalue weighted by Gasteiger charge is -2.40. The maximum atomic E-state index is 11.1. The van der Waals surface area contributed by atoms with Crippen molar-refractivity contribution in [2.75, 3.05) is 31.1 Å². The highest BCUT2D eigenvalue weighted by Gasteiger charge is 2.27. The van der Waals surface area contributed by atoms with Crippen LogP contribution in [0, 0.1) is 0 Å². The number of piperidine rings is 2. The lowest BCUT2D eigenvalue weighted by atomic mass is 10.0. The molecule has 0 saturated carbocycles. The average Bonchev–Trinajstić information content (AvgIpc) is 2.90. The minimum atomic E-state index is -0.908. The van der Waals surface area contributed by atoms with E-state index >= 15 is 0 Å². The Labute approximate surface area is 137 Å². The first-order valence-electron chi connectivity index (χ1n) is 7.54. The Bertz CT molecular complexity index is 508. The maximum Gasteiger partial charge on any atom is 0.348 e. The molecule has 5 nitrogen and oxygen atoms in total. The highest BCUT2D eigenvalue weighted by Crippen LogP contribution is 2.32. The minimum Gasteiger partial charge on any atom is -0.477 e. The van der Waals surface area contributed by atoms with Crippen molar-refractivity contribution in [1.29, 1.82) is 0 Å². The van der Waals surface area contributed by atoms with E-state index in [0.717, 1.165) is 31.1 Å². The lowest BCUT2D eigenvalue weighted by molar-refractivity contribution is 0.0701. The SMILES string of the molecule is O=C(O)c1sc(N2CCC(N3CCCCC3)CC2)nc1Br. The molecule has 1 N–H and O–H groups in total. The summed E-state index contributed by atoms with van der Waals surface area (Å²) < 4.78 is 0.452. The van der Waals surface area contributed by atoms with Gasteiger partial charge in [-0.3, -0.25) is 0 Å². The molecule has 2 aliphatic heterocycles. The third-order valence-electron chi connectivity index (χ3n) is 4.41. The Hall–Kier alpha value is -0.660. The van der Waals surface area contributed by atoms with Gasteiger partial charge in [0.25, 0.3) is 0 Å². The molecule has 0 bridgehead atoms. The molecule has 21 heavy (non-hydrogen) atoms. The van der Waals surface area contributed by atoms with Crippen LogP contribution in [0.2, 0.25) is 0 Å². The molecule has 0 radical (unpaired) electrons. The van der Waals surface area contributed by atoms with Gasteiger partial charge in [-0.1, -0.05) is 17.8 Å². The van der Waals surface area contributed by atoms with Crippen LogP contribution in [0.3, 0.4) is 0 Å². The first kappa shape index (κ1) is 15.2. The van der Waals surface area contributed by atoms with Gasteiger partial charge < -0.3 is 14.9 Å². The number of nitrogens with zero attached hydrogens (tertiary/aromatic N) is 3. The lowest BCUT2D eigenvalue weighted by Crippen LogP contribution is -2.46. The van der Waals surface area contributed by atoms with E-state index in [-0.39, 0.29) is 0 Å². The number of rotatable bonds is 3. The van der Waals surface area contributed by atoms with Crippen molar-refractivity contribution in [3.05, 3.63) is 9.48 Å². The molecule has 3 heterocycles. The van der Waals surface area contributed by atoms with Crippen molar-refractivity contribution in [2.45, 2.75) is 38.1 Å². The Morgan fingerprint density at radius 3 is 2.43 bits per heavy atom. The summed E-state index contributed by atoms with van der Waals surface area (Å²) in [4.78, 5) is 20.6. The number of aromatic nitrogens is 1. The van der Waals surface area contributed by atoms with E-state index in [1.54, 1.807) is 0 Å². The van der Waals surface area contributed by atoms with Crippen LogP contribution in [-0.4, -0.2) is 53.2 Å². The molecule has 0 aliphatic carbocycles. The monoisotopic (exact) mass is 373 g/mol. The summed E-state index contributed by atoms with van der Waals surface area (Å²) in [6.45, 7) is 4.44. The van der Waals surface area contributed by atoms with E-state index in [2.05, 4.69) is 30.7 Å². The average molecular weight is 374 g/mol. The van der Waals surface area contributed by atoms with Gasteiger partial charge in [-0.05, 0) is 54.7 Å². The Morgan fingerprint density at radius 2 is 1.86 bits per heavy atom. The second-order valence-electron chi connectivity index (χ2n) is 5.74. The second kappa shape index (κ2) is 6.62. The molecule has 0 aromatic carbocycles. The van der Waals surface area contributed by atoms with Crippen LogP contribution in [0.25, 0.3) is 0 Å². The van der Waals surface area contributed by atoms with E-state index in [1.165, 1.54) is 43.7 Å². The quantitative estimate of drug-likeness (QED) is 0.881. The summed E-state index contributed by atoms with van der Waals surface area (Å²) in [6.07, 6.45) is 6.35. The van der Waals surface area contributed by atoms with Gasteiger partial charge in [0.05, 0.1) is 0 Å². The highest BCUT2D eigenvalue weighted by molar-refractivity contribution is 9.10. The van der Waals surface area contributed by atoms with Crippen LogP contribution in [-0.2, 0) is 0 Å². The molecular formula is C14H20BrN3O2S. The smallest absolute Gasteiger partial charge is 0.348 e. The highest BCUT2D eigenvalue weighted by atomic mass is 79.9. The van der Waals surface area contributed by atoms with Crippen molar-refractivity contribution in [3.8, 4) is 0 Å². The maximum absolute atomic E-state index is 11.1.